The molecule has 4 unspecified atom stereocenters. The van der Waals surface area contributed by atoms with E-state index in [0.717, 1.165) is 56.3 Å². The van der Waals surface area contributed by atoms with Crippen LogP contribution in [0, 0.1) is 5.92 Å². The second-order valence-corrected chi connectivity index (χ2v) is 11.5. The number of benzene rings is 2. The predicted molar refractivity (Wildman–Crippen MR) is 159 cm³/mol. The fourth-order valence-electron chi connectivity index (χ4n) is 7.15. The van der Waals surface area contributed by atoms with Crippen LogP contribution < -0.4 is 16.0 Å². The Morgan fingerprint density at radius 1 is 0.769 bits per heavy atom. The van der Waals surface area contributed by atoms with Crippen LogP contribution in [0.25, 0.3) is 28.2 Å². The predicted octanol–water partition coefficient (Wildman–Crippen LogP) is 7.00. The molecule has 0 saturated carbocycles. The van der Waals surface area contributed by atoms with E-state index < -0.39 is 0 Å². The second kappa shape index (κ2) is 9.63. The Balaban J connectivity index is 1.17. The van der Waals surface area contributed by atoms with Crippen LogP contribution in [-0.4, -0.2) is 12.3 Å². The van der Waals surface area contributed by atoms with Crippen molar-refractivity contribution in [3.05, 3.63) is 113 Å². The Kier molecular flexibility index (Phi) is 5.79. The van der Waals surface area contributed by atoms with E-state index in [-0.39, 0.29) is 18.5 Å². The van der Waals surface area contributed by atoms with Crippen molar-refractivity contribution >= 4 is 17.0 Å². The number of fused-ring (bicyclic) bond motifs is 7. The molecule has 2 aromatic carbocycles. The normalized spacial score (nSPS) is 27.2. The molecule has 3 aromatic rings. The first-order valence-electron chi connectivity index (χ1n) is 14.7. The molecule has 4 nitrogen and oxygen atoms in total. The van der Waals surface area contributed by atoms with Crippen molar-refractivity contribution in [1.29, 1.82) is 0 Å². The lowest BCUT2D eigenvalue weighted by Crippen LogP contribution is -2.65. The van der Waals surface area contributed by atoms with E-state index in [4.69, 9.17) is 4.42 Å². The highest BCUT2D eigenvalue weighted by Gasteiger charge is 2.34. The van der Waals surface area contributed by atoms with E-state index in [1.165, 1.54) is 44.3 Å². The molecule has 4 atom stereocenters. The summed E-state index contributed by atoms with van der Waals surface area (Å²) in [6, 6.07) is 11.6. The van der Waals surface area contributed by atoms with Gasteiger partial charge in [-0.1, -0.05) is 78.9 Å². The third kappa shape index (κ3) is 4.10. The van der Waals surface area contributed by atoms with Crippen LogP contribution in [0.3, 0.4) is 0 Å². The molecule has 2 heterocycles. The Hall–Kier alpha value is -3.44. The third-order valence-electron chi connectivity index (χ3n) is 9.16. The second-order valence-electron chi connectivity index (χ2n) is 11.5. The van der Waals surface area contributed by atoms with Crippen molar-refractivity contribution in [2.75, 3.05) is 0 Å². The van der Waals surface area contributed by atoms with Gasteiger partial charge in [0.15, 0.2) is 0 Å². The lowest BCUT2D eigenvalue weighted by molar-refractivity contribution is 0.184. The Morgan fingerprint density at radius 2 is 1.69 bits per heavy atom. The first-order chi connectivity index (χ1) is 19.3. The van der Waals surface area contributed by atoms with Crippen molar-refractivity contribution in [2.45, 2.75) is 63.4 Å². The summed E-state index contributed by atoms with van der Waals surface area (Å²) >= 11 is 0. The Bertz CT molecular complexity index is 1600. The monoisotopic (exact) mass is 513 g/mol. The van der Waals surface area contributed by atoms with Gasteiger partial charge in [0.2, 0.25) is 0 Å². The number of allylic oxidation sites excluding steroid dienone is 7. The minimum absolute atomic E-state index is 0.0828. The molecule has 4 heteroatoms. The summed E-state index contributed by atoms with van der Waals surface area (Å²) in [5, 5.41) is 13.0. The number of rotatable bonds is 3. The average molecular weight is 514 g/mol. The van der Waals surface area contributed by atoms with Crippen LogP contribution in [0.1, 0.15) is 59.9 Å². The highest BCUT2D eigenvalue weighted by molar-refractivity contribution is 6.03. The van der Waals surface area contributed by atoms with Gasteiger partial charge < -0.3 is 4.42 Å². The van der Waals surface area contributed by atoms with Crippen LogP contribution in [-0.2, 0) is 19.3 Å². The molecular weight excluding hydrogens is 478 g/mol. The van der Waals surface area contributed by atoms with E-state index in [1.54, 1.807) is 0 Å². The van der Waals surface area contributed by atoms with E-state index >= 15 is 0 Å². The van der Waals surface area contributed by atoms with Crippen LogP contribution in [0.15, 0.2) is 88.9 Å². The highest BCUT2D eigenvalue weighted by Crippen LogP contribution is 2.44. The molecule has 1 fully saturated rings. The molecule has 1 saturated heterocycles. The zero-order chi connectivity index (χ0) is 25.8. The number of hydrogen-bond donors (Lipinski definition) is 3. The van der Waals surface area contributed by atoms with Gasteiger partial charge in [0.1, 0.15) is 11.3 Å². The van der Waals surface area contributed by atoms with Gasteiger partial charge in [-0.15, -0.1) is 0 Å². The number of aryl methyl sites for hydroxylation is 3. The van der Waals surface area contributed by atoms with Gasteiger partial charge in [-0.2, -0.15) is 0 Å². The van der Waals surface area contributed by atoms with Gasteiger partial charge in [-0.25, -0.2) is 0 Å². The Labute approximate surface area is 230 Å². The Morgan fingerprint density at radius 3 is 2.59 bits per heavy atom. The zero-order valence-corrected chi connectivity index (χ0v) is 22.3. The van der Waals surface area contributed by atoms with Crippen molar-refractivity contribution in [3.8, 4) is 11.1 Å². The zero-order valence-electron chi connectivity index (χ0n) is 22.3. The molecule has 1 aromatic heterocycles. The molecule has 0 radical (unpaired) electrons. The van der Waals surface area contributed by atoms with Crippen molar-refractivity contribution < 1.29 is 4.42 Å². The number of nitrogens with one attached hydrogen (secondary N) is 3. The van der Waals surface area contributed by atoms with Crippen molar-refractivity contribution in [2.24, 2.45) is 5.92 Å². The van der Waals surface area contributed by atoms with E-state index in [2.05, 4.69) is 101 Å². The summed E-state index contributed by atoms with van der Waals surface area (Å²) in [6.45, 7) is 0. The van der Waals surface area contributed by atoms with Gasteiger partial charge in [0.25, 0.3) is 0 Å². The maximum absolute atomic E-state index is 6.33. The maximum atomic E-state index is 6.33. The summed E-state index contributed by atoms with van der Waals surface area (Å²) in [6.07, 6.45) is 28.2. The molecule has 8 rings (SSSR count). The summed E-state index contributed by atoms with van der Waals surface area (Å²) in [5.41, 5.74) is 10.7. The molecular formula is C35H35N3O. The lowest BCUT2D eigenvalue weighted by atomic mass is 9.81. The fourth-order valence-corrected chi connectivity index (χ4v) is 7.15. The lowest BCUT2D eigenvalue weighted by Gasteiger charge is -2.43. The highest BCUT2D eigenvalue weighted by atomic mass is 16.3. The molecule has 0 spiro atoms. The SMILES string of the molecule is C1=CCCC(C2NC(c3ccc4c(c3)CCc3ccc5oc6c(c5c3-4)C=CCC6)NC(C3C=CC=CC3)N2)=C1. The maximum Gasteiger partial charge on any atom is 0.135 e. The minimum atomic E-state index is 0.0828. The van der Waals surface area contributed by atoms with Gasteiger partial charge in [-0.3, -0.25) is 16.0 Å². The average Bonchev–Trinajstić information content (AvgIpc) is 3.40. The van der Waals surface area contributed by atoms with Crippen molar-refractivity contribution in [3.63, 3.8) is 0 Å². The van der Waals surface area contributed by atoms with Gasteiger partial charge in [-0.05, 0) is 78.0 Å². The van der Waals surface area contributed by atoms with E-state index in [9.17, 15) is 0 Å². The molecule has 4 aliphatic carbocycles. The number of hydrogen-bond acceptors (Lipinski definition) is 4. The van der Waals surface area contributed by atoms with E-state index in [1.807, 2.05) is 0 Å². The van der Waals surface area contributed by atoms with E-state index in [0.29, 0.717) is 5.92 Å². The first-order valence-corrected chi connectivity index (χ1v) is 14.7. The molecule has 196 valence electrons. The minimum Gasteiger partial charge on any atom is -0.460 e. The fraction of sp³-hybridized carbons (Fsp3) is 0.314. The molecule has 5 aliphatic rings. The first kappa shape index (κ1) is 23.4. The molecule has 0 bridgehead atoms. The summed E-state index contributed by atoms with van der Waals surface area (Å²) in [4.78, 5) is 0. The summed E-state index contributed by atoms with van der Waals surface area (Å²) in [5.74, 6) is 1.57. The smallest absolute Gasteiger partial charge is 0.135 e. The molecule has 0 amide bonds. The quantitative estimate of drug-likeness (QED) is 0.353. The standard InChI is InChI=1S/C35H35N3O/c1-3-9-23(10-4-1)33-36-34(24-11-5-2-6-12-24)38-35(37-33)26-17-19-27-25(21-26)16-15-22-18-20-30-32(31(22)27)28-13-7-8-14-29(28)39-30/h1-5,7,9,11,13,17-21,23,33-38H,6,8,10,12,14-16H2. The van der Waals surface area contributed by atoms with Gasteiger partial charge in [0.05, 0.1) is 18.5 Å². The number of furan rings is 1. The van der Waals surface area contributed by atoms with Gasteiger partial charge in [0, 0.05) is 23.3 Å². The van der Waals surface area contributed by atoms with Crippen LogP contribution >= 0.6 is 0 Å². The topological polar surface area (TPSA) is 49.2 Å². The van der Waals surface area contributed by atoms with Crippen LogP contribution in [0.4, 0.5) is 0 Å². The third-order valence-corrected chi connectivity index (χ3v) is 9.16. The van der Waals surface area contributed by atoms with Crippen LogP contribution in [0.5, 0.6) is 0 Å². The van der Waals surface area contributed by atoms with Gasteiger partial charge >= 0.3 is 0 Å². The van der Waals surface area contributed by atoms with Crippen LogP contribution in [0.2, 0.25) is 0 Å². The molecule has 39 heavy (non-hydrogen) atoms. The van der Waals surface area contributed by atoms with Crippen molar-refractivity contribution in [1.82, 2.24) is 16.0 Å². The summed E-state index contributed by atoms with van der Waals surface area (Å²) in [7, 11) is 0. The largest absolute Gasteiger partial charge is 0.460 e. The molecule has 1 aliphatic heterocycles. The summed E-state index contributed by atoms with van der Waals surface area (Å²) < 4.78 is 6.33. The molecule has 3 N–H and O–H groups in total.